The van der Waals surface area contributed by atoms with E-state index in [9.17, 15) is 14.7 Å². The van der Waals surface area contributed by atoms with E-state index in [0.29, 0.717) is 11.0 Å². The number of aliphatic hydroxyl groups excluding tert-OH is 1. The molecule has 3 rings (SSSR count). The lowest BCUT2D eigenvalue weighted by atomic mass is 10.2. The fourth-order valence-electron chi connectivity index (χ4n) is 2.10. The minimum atomic E-state index is -0.765. The normalized spacial score (nSPS) is 22.1. The number of H-pyrrole nitrogens is 1. The minimum absolute atomic E-state index is 0.173. The Morgan fingerprint density at radius 3 is 2.95 bits per heavy atom. The SMILES string of the molecule is O=C(N[C@@H]1COC[C@H]1O)c1nc2ccccc2[nH]c1=O. The summed E-state index contributed by atoms with van der Waals surface area (Å²) in [5.41, 5.74) is 0.316. The van der Waals surface area contributed by atoms with Gasteiger partial charge >= 0.3 is 0 Å². The van der Waals surface area contributed by atoms with Crippen molar-refractivity contribution >= 4 is 16.9 Å². The maximum absolute atomic E-state index is 12.1. The van der Waals surface area contributed by atoms with E-state index < -0.39 is 23.6 Å². The van der Waals surface area contributed by atoms with Gasteiger partial charge in [0.1, 0.15) is 0 Å². The molecule has 0 saturated carbocycles. The number of hydrogen-bond acceptors (Lipinski definition) is 5. The quantitative estimate of drug-likeness (QED) is 0.679. The average molecular weight is 275 g/mol. The third-order valence-electron chi connectivity index (χ3n) is 3.18. The first-order valence-corrected chi connectivity index (χ1v) is 6.21. The van der Waals surface area contributed by atoms with Crippen molar-refractivity contribution in [2.75, 3.05) is 13.2 Å². The van der Waals surface area contributed by atoms with Crippen LogP contribution < -0.4 is 10.9 Å². The largest absolute Gasteiger partial charge is 0.388 e. The van der Waals surface area contributed by atoms with Gasteiger partial charge in [0, 0.05) is 0 Å². The summed E-state index contributed by atoms with van der Waals surface area (Å²) in [6.45, 7) is 0.394. The summed E-state index contributed by atoms with van der Waals surface area (Å²) in [5.74, 6) is -0.619. The molecule has 2 aromatic rings. The fourth-order valence-corrected chi connectivity index (χ4v) is 2.10. The van der Waals surface area contributed by atoms with Crippen LogP contribution in [0.2, 0.25) is 0 Å². The molecule has 1 saturated heterocycles. The van der Waals surface area contributed by atoms with E-state index in [1.54, 1.807) is 24.3 Å². The molecular formula is C13H13N3O4. The predicted octanol–water partition coefficient (Wildman–Crippen LogP) is -0.587. The summed E-state index contributed by atoms with van der Waals surface area (Å²) in [7, 11) is 0. The van der Waals surface area contributed by atoms with Crippen LogP contribution in [0.3, 0.4) is 0 Å². The zero-order valence-electron chi connectivity index (χ0n) is 10.5. The first kappa shape index (κ1) is 12.8. The highest BCUT2D eigenvalue weighted by Crippen LogP contribution is 2.08. The summed E-state index contributed by atoms with van der Waals surface area (Å²) < 4.78 is 5.04. The fraction of sp³-hybridized carbons (Fsp3) is 0.308. The van der Waals surface area contributed by atoms with Crippen LogP contribution in [0.25, 0.3) is 11.0 Å². The number of nitrogens with zero attached hydrogens (tertiary/aromatic N) is 1. The zero-order valence-corrected chi connectivity index (χ0v) is 10.5. The van der Waals surface area contributed by atoms with Crippen LogP contribution >= 0.6 is 0 Å². The molecule has 0 unspecified atom stereocenters. The third-order valence-corrected chi connectivity index (χ3v) is 3.18. The molecule has 0 bridgehead atoms. The van der Waals surface area contributed by atoms with Gasteiger partial charge in [0.15, 0.2) is 5.69 Å². The van der Waals surface area contributed by atoms with Crippen LogP contribution in [0.4, 0.5) is 0 Å². The number of para-hydroxylation sites is 2. The van der Waals surface area contributed by atoms with Gasteiger partial charge in [-0.25, -0.2) is 4.98 Å². The van der Waals surface area contributed by atoms with Gasteiger partial charge in [0.25, 0.3) is 11.5 Å². The predicted molar refractivity (Wildman–Crippen MR) is 70.4 cm³/mol. The Bertz CT molecular complexity index is 712. The number of ether oxygens (including phenoxy) is 1. The van der Waals surface area contributed by atoms with Crippen LogP contribution in [0, 0.1) is 0 Å². The standard InChI is InChI=1S/C13H13N3O4/c17-10-6-20-5-9(10)16-13(19)11-12(18)15-8-4-2-1-3-7(8)14-11/h1-4,9-10,17H,5-6H2,(H,15,18)(H,16,19)/t9-,10-/m1/s1. The number of rotatable bonds is 2. The van der Waals surface area contributed by atoms with Crippen molar-refractivity contribution in [2.24, 2.45) is 0 Å². The van der Waals surface area contributed by atoms with E-state index >= 15 is 0 Å². The molecule has 1 aliphatic rings. The second kappa shape index (κ2) is 5.03. The molecular weight excluding hydrogens is 262 g/mol. The van der Waals surface area contributed by atoms with E-state index in [0.717, 1.165) is 0 Å². The Labute approximate surface area is 113 Å². The van der Waals surface area contributed by atoms with Crippen LogP contribution in [0.5, 0.6) is 0 Å². The number of nitrogens with one attached hydrogen (secondary N) is 2. The smallest absolute Gasteiger partial charge is 0.280 e. The maximum atomic E-state index is 12.1. The Hall–Kier alpha value is -2.25. The van der Waals surface area contributed by atoms with Crippen molar-refractivity contribution in [3.05, 3.63) is 40.3 Å². The number of hydrogen-bond donors (Lipinski definition) is 3. The van der Waals surface area contributed by atoms with E-state index in [1.807, 2.05) is 0 Å². The Kier molecular flexibility index (Phi) is 3.21. The molecule has 1 aromatic heterocycles. The summed E-state index contributed by atoms with van der Waals surface area (Å²) in [6.07, 6.45) is -0.765. The number of aliphatic hydroxyl groups is 1. The number of carbonyl (C=O) groups excluding carboxylic acids is 1. The average Bonchev–Trinajstić information content (AvgIpc) is 2.83. The van der Waals surface area contributed by atoms with Crippen molar-refractivity contribution < 1.29 is 14.6 Å². The molecule has 0 aliphatic carbocycles. The van der Waals surface area contributed by atoms with Gasteiger partial charge in [-0.3, -0.25) is 9.59 Å². The molecule has 0 radical (unpaired) electrons. The van der Waals surface area contributed by atoms with Gasteiger partial charge in [-0.05, 0) is 12.1 Å². The maximum Gasteiger partial charge on any atom is 0.280 e. The number of fused-ring (bicyclic) bond motifs is 1. The molecule has 0 spiro atoms. The van der Waals surface area contributed by atoms with Gasteiger partial charge < -0.3 is 20.1 Å². The highest BCUT2D eigenvalue weighted by Gasteiger charge is 2.29. The Balaban J connectivity index is 1.91. The molecule has 1 aromatic carbocycles. The molecule has 1 aliphatic heterocycles. The monoisotopic (exact) mass is 275 g/mol. The van der Waals surface area contributed by atoms with Gasteiger partial charge in [-0.15, -0.1) is 0 Å². The number of carbonyl (C=O) groups is 1. The lowest BCUT2D eigenvalue weighted by Gasteiger charge is -2.13. The summed E-state index contributed by atoms with van der Waals surface area (Å²) in [5, 5.41) is 12.1. The van der Waals surface area contributed by atoms with Crippen LogP contribution in [-0.2, 0) is 4.74 Å². The first-order valence-electron chi connectivity index (χ1n) is 6.21. The van der Waals surface area contributed by atoms with Crippen molar-refractivity contribution in [3.63, 3.8) is 0 Å². The molecule has 7 nitrogen and oxygen atoms in total. The molecule has 2 heterocycles. The second-order valence-corrected chi connectivity index (χ2v) is 4.62. The number of benzene rings is 1. The van der Waals surface area contributed by atoms with Gasteiger partial charge in [0.05, 0.1) is 36.4 Å². The van der Waals surface area contributed by atoms with E-state index in [2.05, 4.69) is 15.3 Å². The van der Waals surface area contributed by atoms with Gasteiger partial charge in [0.2, 0.25) is 0 Å². The molecule has 104 valence electrons. The van der Waals surface area contributed by atoms with E-state index in [-0.39, 0.29) is 18.9 Å². The molecule has 3 N–H and O–H groups in total. The number of aromatic nitrogens is 2. The second-order valence-electron chi connectivity index (χ2n) is 4.62. The van der Waals surface area contributed by atoms with Crippen LogP contribution in [-0.4, -0.2) is 46.3 Å². The highest BCUT2D eigenvalue weighted by atomic mass is 16.5. The molecule has 7 heteroatoms. The molecule has 1 amide bonds. The Morgan fingerprint density at radius 2 is 2.20 bits per heavy atom. The van der Waals surface area contributed by atoms with Gasteiger partial charge in [-0.2, -0.15) is 0 Å². The van der Waals surface area contributed by atoms with E-state index in [1.165, 1.54) is 0 Å². The Morgan fingerprint density at radius 1 is 1.40 bits per heavy atom. The summed E-state index contributed by atoms with van der Waals surface area (Å²) in [4.78, 5) is 30.6. The summed E-state index contributed by atoms with van der Waals surface area (Å²) in [6, 6.07) is 6.43. The lowest BCUT2D eigenvalue weighted by Crippen LogP contribution is -2.44. The van der Waals surface area contributed by atoms with Crippen molar-refractivity contribution in [1.29, 1.82) is 0 Å². The van der Waals surface area contributed by atoms with Crippen LogP contribution in [0.1, 0.15) is 10.5 Å². The topological polar surface area (TPSA) is 104 Å². The zero-order chi connectivity index (χ0) is 14.1. The summed E-state index contributed by atoms with van der Waals surface area (Å²) >= 11 is 0. The highest BCUT2D eigenvalue weighted by molar-refractivity contribution is 5.93. The first-order chi connectivity index (χ1) is 9.65. The number of amides is 1. The lowest BCUT2D eigenvalue weighted by molar-refractivity contribution is 0.0880. The van der Waals surface area contributed by atoms with Crippen LogP contribution in [0.15, 0.2) is 29.1 Å². The molecule has 20 heavy (non-hydrogen) atoms. The van der Waals surface area contributed by atoms with Crippen molar-refractivity contribution in [1.82, 2.24) is 15.3 Å². The van der Waals surface area contributed by atoms with E-state index in [4.69, 9.17) is 4.74 Å². The van der Waals surface area contributed by atoms with Crippen molar-refractivity contribution in [3.8, 4) is 0 Å². The minimum Gasteiger partial charge on any atom is -0.388 e. The van der Waals surface area contributed by atoms with Crippen molar-refractivity contribution in [2.45, 2.75) is 12.1 Å². The molecule has 1 fully saturated rings. The third kappa shape index (κ3) is 2.28. The number of aromatic amines is 1. The van der Waals surface area contributed by atoms with Gasteiger partial charge in [-0.1, -0.05) is 12.1 Å². The molecule has 2 atom stereocenters.